The molecule has 2 heterocycles. The number of piperidine rings is 1. The van der Waals surface area contributed by atoms with E-state index in [4.69, 9.17) is 11.6 Å². The van der Waals surface area contributed by atoms with Gasteiger partial charge in [0.05, 0.1) is 10.5 Å². The van der Waals surface area contributed by atoms with Crippen molar-refractivity contribution in [3.63, 3.8) is 0 Å². The summed E-state index contributed by atoms with van der Waals surface area (Å²) >= 11 is 5.98. The summed E-state index contributed by atoms with van der Waals surface area (Å²) in [6, 6.07) is 10.8. The summed E-state index contributed by atoms with van der Waals surface area (Å²) in [7, 11) is 4.26. The molecule has 1 aromatic heterocycles. The van der Waals surface area contributed by atoms with Gasteiger partial charge in [0.15, 0.2) is 11.6 Å². The van der Waals surface area contributed by atoms with Crippen LogP contribution >= 0.6 is 11.6 Å². The molecule has 4 rings (SSSR count). The maximum absolute atomic E-state index is 14.0. The normalized spacial score (nSPS) is 15.4. The van der Waals surface area contributed by atoms with E-state index < -0.39 is 11.6 Å². The van der Waals surface area contributed by atoms with Gasteiger partial charge in [0, 0.05) is 36.9 Å². The largest absolute Gasteiger partial charge is 0.504 e. The lowest BCUT2D eigenvalue weighted by atomic mass is 9.95. The first-order valence-corrected chi connectivity index (χ1v) is 10.3. The fraction of sp³-hybridized carbons (Fsp3) is 0.348. The highest BCUT2D eigenvalue weighted by molar-refractivity contribution is 6.32. The van der Waals surface area contributed by atoms with Gasteiger partial charge in [0.25, 0.3) is 0 Å². The molecule has 3 aromatic rings. The molecule has 0 aliphatic carbocycles. The number of pyridine rings is 1. The van der Waals surface area contributed by atoms with Crippen LogP contribution in [0.4, 0.5) is 10.1 Å². The van der Waals surface area contributed by atoms with Gasteiger partial charge >= 0.3 is 0 Å². The molecule has 29 heavy (non-hydrogen) atoms. The van der Waals surface area contributed by atoms with E-state index in [9.17, 15) is 9.50 Å². The molecule has 0 unspecified atom stereocenters. The molecule has 1 saturated heterocycles. The minimum Gasteiger partial charge on any atom is -0.504 e. The van der Waals surface area contributed by atoms with E-state index in [1.807, 2.05) is 24.4 Å². The Morgan fingerprint density at radius 2 is 1.90 bits per heavy atom. The quantitative estimate of drug-likeness (QED) is 0.639. The molecule has 0 amide bonds. The van der Waals surface area contributed by atoms with Gasteiger partial charge in [-0.15, -0.1) is 0 Å². The van der Waals surface area contributed by atoms with Gasteiger partial charge in [-0.25, -0.2) is 4.39 Å². The molecular weight excluding hydrogens is 389 g/mol. The Balaban J connectivity index is 1.67. The summed E-state index contributed by atoms with van der Waals surface area (Å²) in [6.07, 6.45) is 4.18. The first-order valence-electron chi connectivity index (χ1n) is 9.89. The van der Waals surface area contributed by atoms with Crippen LogP contribution in [0.3, 0.4) is 0 Å². The summed E-state index contributed by atoms with van der Waals surface area (Å²) in [5, 5.41) is 10.7. The van der Waals surface area contributed by atoms with E-state index in [2.05, 4.69) is 34.9 Å². The van der Waals surface area contributed by atoms with Crippen molar-refractivity contribution in [1.82, 2.24) is 9.88 Å². The van der Waals surface area contributed by atoms with Crippen molar-refractivity contribution in [2.75, 3.05) is 38.6 Å². The molecule has 0 atom stereocenters. The van der Waals surface area contributed by atoms with Crippen LogP contribution in [0.1, 0.15) is 12.8 Å². The summed E-state index contributed by atoms with van der Waals surface area (Å²) in [4.78, 5) is 9.18. The summed E-state index contributed by atoms with van der Waals surface area (Å²) in [5.41, 5.74) is 3.54. The van der Waals surface area contributed by atoms with Gasteiger partial charge < -0.3 is 14.9 Å². The average molecular weight is 414 g/mol. The van der Waals surface area contributed by atoms with Gasteiger partial charge in [-0.1, -0.05) is 17.7 Å². The van der Waals surface area contributed by atoms with Crippen molar-refractivity contribution < 1.29 is 9.50 Å². The van der Waals surface area contributed by atoms with Crippen LogP contribution in [0.25, 0.3) is 22.0 Å². The predicted octanol–water partition coefficient (Wildman–Crippen LogP) is 5.18. The number of phenols is 1. The monoisotopic (exact) mass is 413 g/mol. The highest BCUT2D eigenvalue weighted by Gasteiger charge is 2.21. The number of hydrogen-bond acceptors (Lipinski definition) is 4. The van der Waals surface area contributed by atoms with Gasteiger partial charge in [-0.2, -0.15) is 0 Å². The standard InChI is InChI=1S/C23H25ClFN3O/c1-27(2)14-15-6-9-28(10-7-15)22-5-8-26-21-4-3-16(11-18(21)22)17-12-19(24)23(29)20(25)13-17/h3-5,8,11-13,15,29H,6-7,9-10,14H2,1-2H3. The SMILES string of the molecule is CN(C)CC1CCN(c2ccnc3ccc(-c4cc(F)c(O)c(Cl)c4)cc23)CC1. The highest BCUT2D eigenvalue weighted by Crippen LogP contribution is 2.36. The minimum absolute atomic E-state index is 0.00877. The van der Waals surface area contributed by atoms with Gasteiger partial charge in [0.1, 0.15) is 0 Å². The molecule has 6 heteroatoms. The van der Waals surface area contributed by atoms with Crippen molar-refractivity contribution in [1.29, 1.82) is 0 Å². The van der Waals surface area contributed by atoms with Crippen molar-refractivity contribution >= 4 is 28.2 Å². The van der Waals surface area contributed by atoms with Crippen LogP contribution < -0.4 is 4.90 Å². The molecule has 0 radical (unpaired) electrons. The lowest BCUT2D eigenvalue weighted by Gasteiger charge is -2.35. The number of halogens is 2. The molecule has 1 fully saturated rings. The Morgan fingerprint density at radius 3 is 2.59 bits per heavy atom. The number of fused-ring (bicyclic) bond motifs is 1. The molecule has 1 aliphatic rings. The Hall–Kier alpha value is -2.37. The third-order valence-electron chi connectivity index (χ3n) is 5.65. The molecular formula is C23H25ClFN3O. The van der Waals surface area contributed by atoms with E-state index in [1.165, 1.54) is 18.9 Å². The van der Waals surface area contributed by atoms with Gasteiger partial charge in [-0.3, -0.25) is 4.98 Å². The second-order valence-electron chi connectivity index (χ2n) is 8.04. The second-order valence-corrected chi connectivity index (χ2v) is 8.45. The summed E-state index contributed by atoms with van der Waals surface area (Å²) in [5.74, 6) is -0.506. The number of rotatable bonds is 4. The Morgan fingerprint density at radius 1 is 1.14 bits per heavy atom. The zero-order chi connectivity index (χ0) is 20.5. The van der Waals surface area contributed by atoms with Crippen LogP contribution in [0.2, 0.25) is 5.02 Å². The van der Waals surface area contributed by atoms with Crippen LogP contribution in [0.15, 0.2) is 42.6 Å². The fourth-order valence-electron chi connectivity index (χ4n) is 4.19. The lowest BCUT2D eigenvalue weighted by molar-refractivity contribution is 0.285. The number of aromatic nitrogens is 1. The Kier molecular flexibility index (Phi) is 5.61. The number of aromatic hydroxyl groups is 1. The Labute approximate surface area is 175 Å². The minimum atomic E-state index is -0.720. The van der Waals surface area contributed by atoms with E-state index >= 15 is 0 Å². The van der Waals surface area contributed by atoms with Crippen molar-refractivity contribution in [2.24, 2.45) is 5.92 Å². The summed E-state index contributed by atoms with van der Waals surface area (Å²) < 4.78 is 14.0. The zero-order valence-corrected chi connectivity index (χ0v) is 17.5. The summed E-state index contributed by atoms with van der Waals surface area (Å²) in [6.45, 7) is 3.16. The van der Waals surface area contributed by atoms with Gasteiger partial charge in [-0.05, 0) is 74.3 Å². The molecule has 0 bridgehead atoms. The number of anilines is 1. The molecule has 0 saturated carbocycles. The molecule has 152 valence electrons. The molecule has 1 N–H and O–H groups in total. The predicted molar refractivity (Wildman–Crippen MR) is 117 cm³/mol. The number of hydrogen-bond donors (Lipinski definition) is 1. The first-order chi connectivity index (χ1) is 13.9. The van der Waals surface area contributed by atoms with Crippen LogP contribution in [0.5, 0.6) is 5.75 Å². The number of benzene rings is 2. The van der Waals surface area contributed by atoms with Crippen LogP contribution in [-0.4, -0.2) is 48.7 Å². The molecule has 4 nitrogen and oxygen atoms in total. The molecule has 0 spiro atoms. The third-order valence-corrected chi connectivity index (χ3v) is 5.94. The van der Waals surface area contributed by atoms with Crippen molar-refractivity contribution in [3.05, 3.63) is 53.4 Å². The van der Waals surface area contributed by atoms with Crippen LogP contribution in [-0.2, 0) is 0 Å². The van der Waals surface area contributed by atoms with Crippen molar-refractivity contribution in [3.8, 4) is 16.9 Å². The topological polar surface area (TPSA) is 39.6 Å². The van der Waals surface area contributed by atoms with E-state index in [0.717, 1.165) is 47.7 Å². The van der Waals surface area contributed by atoms with E-state index in [-0.39, 0.29) is 5.02 Å². The maximum atomic E-state index is 14.0. The first kappa shape index (κ1) is 19.9. The maximum Gasteiger partial charge on any atom is 0.170 e. The van der Waals surface area contributed by atoms with Crippen LogP contribution in [0, 0.1) is 11.7 Å². The number of phenolic OH excluding ortho intramolecular Hbond substituents is 1. The molecule has 1 aliphatic heterocycles. The number of nitrogens with zero attached hydrogens (tertiary/aromatic N) is 3. The Bertz CT molecular complexity index is 1010. The zero-order valence-electron chi connectivity index (χ0n) is 16.7. The molecule has 2 aromatic carbocycles. The fourth-order valence-corrected chi connectivity index (χ4v) is 4.40. The lowest BCUT2D eigenvalue weighted by Crippen LogP contribution is -2.37. The third kappa shape index (κ3) is 4.16. The smallest absolute Gasteiger partial charge is 0.170 e. The van der Waals surface area contributed by atoms with E-state index in [0.29, 0.717) is 5.56 Å². The van der Waals surface area contributed by atoms with Gasteiger partial charge in [0.2, 0.25) is 0 Å². The van der Waals surface area contributed by atoms with E-state index in [1.54, 1.807) is 6.07 Å². The highest BCUT2D eigenvalue weighted by atomic mass is 35.5. The average Bonchev–Trinajstić information content (AvgIpc) is 2.71. The van der Waals surface area contributed by atoms with Crippen molar-refractivity contribution in [2.45, 2.75) is 12.8 Å². The second kappa shape index (κ2) is 8.17.